The van der Waals surface area contributed by atoms with Crippen LogP contribution in [0.5, 0.6) is 0 Å². The summed E-state index contributed by atoms with van der Waals surface area (Å²) in [5.41, 5.74) is 1.53. The largest absolute Gasteiger partial charge is 0.344 e. The van der Waals surface area contributed by atoms with Crippen LogP contribution in [-0.2, 0) is 29.1 Å². The van der Waals surface area contributed by atoms with Crippen molar-refractivity contribution in [3.8, 4) is 0 Å². The standard InChI is InChI=1S/C25H25N5O5/c1-25(14-12-18-8-4-2-5-9-18)22(33)30(23(34)26-25)27-20(31)17-29-21(32)13-15-28(24(29)35)16-19-10-6-3-7-11-19/h2-11,13,15H,12,14,16-17H2,1H3,(H,26,34)(H,27,31)/t25-/m1/s1. The second kappa shape index (κ2) is 9.80. The molecule has 35 heavy (non-hydrogen) atoms. The van der Waals surface area contributed by atoms with E-state index in [2.05, 4.69) is 10.7 Å². The van der Waals surface area contributed by atoms with Gasteiger partial charge in [-0.2, -0.15) is 5.01 Å². The molecule has 0 radical (unpaired) electrons. The fourth-order valence-corrected chi connectivity index (χ4v) is 3.90. The van der Waals surface area contributed by atoms with Gasteiger partial charge in [-0.1, -0.05) is 60.7 Å². The highest BCUT2D eigenvalue weighted by Gasteiger charge is 2.48. The van der Waals surface area contributed by atoms with Crippen molar-refractivity contribution in [2.75, 3.05) is 0 Å². The third-order valence-electron chi connectivity index (χ3n) is 5.89. The van der Waals surface area contributed by atoms with Crippen LogP contribution >= 0.6 is 0 Å². The van der Waals surface area contributed by atoms with Gasteiger partial charge in [0.1, 0.15) is 12.1 Å². The summed E-state index contributed by atoms with van der Waals surface area (Å²) in [5, 5.41) is 3.22. The Kier molecular flexibility index (Phi) is 6.63. The summed E-state index contributed by atoms with van der Waals surface area (Å²) >= 11 is 0. The van der Waals surface area contributed by atoms with Crippen molar-refractivity contribution in [1.29, 1.82) is 0 Å². The van der Waals surface area contributed by atoms with Crippen LogP contribution in [-0.4, -0.2) is 37.5 Å². The first-order valence-corrected chi connectivity index (χ1v) is 11.1. The number of aryl methyl sites for hydroxylation is 1. The number of hydrazine groups is 1. The average molecular weight is 476 g/mol. The topological polar surface area (TPSA) is 123 Å². The third kappa shape index (κ3) is 5.21. The number of urea groups is 1. The van der Waals surface area contributed by atoms with Crippen LogP contribution in [0.2, 0.25) is 0 Å². The van der Waals surface area contributed by atoms with Gasteiger partial charge in [-0.25, -0.2) is 9.59 Å². The Balaban J connectivity index is 1.44. The first kappa shape index (κ1) is 23.7. The molecule has 1 atom stereocenters. The Labute approximate surface area is 200 Å². The summed E-state index contributed by atoms with van der Waals surface area (Å²) in [5.74, 6) is -1.47. The van der Waals surface area contributed by atoms with Crippen molar-refractivity contribution in [2.45, 2.75) is 38.4 Å². The van der Waals surface area contributed by atoms with Gasteiger partial charge in [0.15, 0.2) is 0 Å². The first-order valence-electron chi connectivity index (χ1n) is 11.1. The predicted molar refractivity (Wildman–Crippen MR) is 127 cm³/mol. The fraction of sp³-hybridized carbons (Fsp3) is 0.240. The molecule has 2 heterocycles. The molecular weight excluding hydrogens is 450 g/mol. The molecule has 2 N–H and O–H groups in total. The molecule has 10 heteroatoms. The highest BCUT2D eigenvalue weighted by atomic mass is 16.2. The molecular formula is C25H25N5O5. The summed E-state index contributed by atoms with van der Waals surface area (Å²) < 4.78 is 2.06. The molecule has 0 saturated carbocycles. The summed E-state index contributed by atoms with van der Waals surface area (Å²) in [6.45, 7) is 1.16. The number of carbonyl (C=O) groups is 3. The van der Waals surface area contributed by atoms with Crippen LogP contribution in [0.4, 0.5) is 4.79 Å². The van der Waals surface area contributed by atoms with E-state index in [0.29, 0.717) is 17.9 Å². The molecule has 1 aromatic heterocycles. The normalized spacial score (nSPS) is 17.3. The summed E-state index contributed by atoms with van der Waals surface area (Å²) in [4.78, 5) is 63.1. The highest BCUT2D eigenvalue weighted by molar-refractivity contribution is 6.07. The van der Waals surface area contributed by atoms with Gasteiger partial charge in [0.05, 0.1) is 6.54 Å². The predicted octanol–water partition coefficient (Wildman–Crippen LogP) is 1.03. The minimum Gasteiger partial charge on any atom is -0.322 e. The average Bonchev–Trinajstić information content (AvgIpc) is 3.07. The molecule has 0 spiro atoms. The van der Waals surface area contributed by atoms with Crippen LogP contribution in [0.3, 0.4) is 0 Å². The lowest BCUT2D eigenvalue weighted by Crippen LogP contribution is -2.51. The van der Waals surface area contributed by atoms with Gasteiger partial charge in [0, 0.05) is 12.3 Å². The van der Waals surface area contributed by atoms with Crippen molar-refractivity contribution in [3.63, 3.8) is 0 Å². The maximum Gasteiger partial charge on any atom is 0.344 e. The van der Waals surface area contributed by atoms with Crippen molar-refractivity contribution >= 4 is 17.8 Å². The number of nitrogens with zero attached hydrogens (tertiary/aromatic N) is 3. The monoisotopic (exact) mass is 475 g/mol. The Morgan fingerprint density at radius 3 is 2.20 bits per heavy atom. The number of amides is 4. The molecule has 0 aliphatic carbocycles. The number of nitrogens with one attached hydrogen (secondary N) is 2. The zero-order chi connectivity index (χ0) is 25.0. The minimum absolute atomic E-state index is 0.217. The molecule has 1 fully saturated rings. The summed E-state index contributed by atoms with van der Waals surface area (Å²) in [6, 6.07) is 19.1. The van der Waals surface area contributed by atoms with E-state index in [-0.39, 0.29) is 6.54 Å². The molecule has 2 aromatic carbocycles. The maximum atomic E-state index is 12.9. The van der Waals surface area contributed by atoms with E-state index in [1.54, 1.807) is 6.92 Å². The molecule has 1 aliphatic heterocycles. The lowest BCUT2D eigenvalue weighted by atomic mass is 9.93. The molecule has 4 amide bonds. The minimum atomic E-state index is -1.20. The van der Waals surface area contributed by atoms with E-state index in [1.165, 1.54) is 16.8 Å². The van der Waals surface area contributed by atoms with Gasteiger partial charge in [-0.3, -0.25) is 28.9 Å². The number of hydrogen-bond acceptors (Lipinski definition) is 5. The Morgan fingerprint density at radius 2 is 1.54 bits per heavy atom. The van der Waals surface area contributed by atoms with Gasteiger partial charge >= 0.3 is 11.7 Å². The van der Waals surface area contributed by atoms with Crippen LogP contribution in [0.15, 0.2) is 82.5 Å². The highest BCUT2D eigenvalue weighted by Crippen LogP contribution is 2.22. The molecule has 0 bridgehead atoms. The van der Waals surface area contributed by atoms with Gasteiger partial charge < -0.3 is 5.32 Å². The van der Waals surface area contributed by atoms with Crippen LogP contribution < -0.4 is 22.0 Å². The lowest BCUT2D eigenvalue weighted by Gasteiger charge is -2.21. The number of imide groups is 1. The Morgan fingerprint density at radius 1 is 0.914 bits per heavy atom. The van der Waals surface area contributed by atoms with Crippen molar-refractivity contribution in [1.82, 2.24) is 24.9 Å². The number of hydrogen-bond donors (Lipinski definition) is 2. The maximum absolute atomic E-state index is 12.9. The fourth-order valence-electron chi connectivity index (χ4n) is 3.90. The molecule has 10 nitrogen and oxygen atoms in total. The van der Waals surface area contributed by atoms with Gasteiger partial charge in [0.25, 0.3) is 17.4 Å². The van der Waals surface area contributed by atoms with Crippen LogP contribution in [0, 0.1) is 0 Å². The van der Waals surface area contributed by atoms with Crippen molar-refractivity contribution in [3.05, 3.63) is 105 Å². The van der Waals surface area contributed by atoms with Crippen LogP contribution in [0.1, 0.15) is 24.5 Å². The SMILES string of the molecule is C[C@]1(CCc2ccccc2)NC(=O)N(NC(=O)Cn2c(=O)ccn(Cc3ccccc3)c2=O)C1=O. The molecule has 1 aliphatic rings. The molecule has 0 unspecified atom stereocenters. The molecule has 180 valence electrons. The van der Waals surface area contributed by atoms with E-state index in [1.807, 2.05) is 60.7 Å². The second-order valence-electron chi connectivity index (χ2n) is 8.56. The van der Waals surface area contributed by atoms with Crippen molar-refractivity contribution in [2.24, 2.45) is 0 Å². The summed E-state index contributed by atoms with van der Waals surface area (Å²) in [7, 11) is 0. The zero-order valence-electron chi connectivity index (χ0n) is 19.1. The zero-order valence-corrected chi connectivity index (χ0v) is 19.1. The first-order chi connectivity index (χ1) is 16.8. The van der Waals surface area contributed by atoms with Gasteiger partial charge in [0.2, 0.25) is 0 Å². The Bertz CT molecular complexity index is 1370. The van der Waals surface area contributed by atoms with E-state index < -0.39 is 41.2 Å². The van der Waals surface area contributed by atoms with E-state index in [9.17, 15) is 24.0 Å². The Hall–Kier alpha value is -4.47. The lowest BCUT2D eigenvalue weighted by molar-refractivity contribution is -0.139. The van der Waals surface area contributed by atoms with Crippen molar-refractivity contribution < 1.29 is 14.4 Å². The van der Waals surface area contributed by atoms with E-state index >= 15 is 0 Å². The second-order valence-corrected chi connectivity index (χ2v) is 8.56. The molecule has 3 aromatic rings. The summed E-state index contributed by atoms with van der Waals surface area (Å²) in [6.07, 6.45) is 2.24. The third-order valence-corrected chi connectivity index (χ3v) is 5.89. The van der Waals surface area contributed by atoms with Crippen LogP contribution in [0.25, 0.3) is 0 Å². The number of benzene rings is 2. The van der Waals surface area contributed by atoms with Gasteiger partial charge in [-0.05, 0) is 30.9 Å². The smallest absolute Gasteiger partial charge is 0.322 e. The molecule has 4 rings (SSSR count). The number of rotatable bonds is 8. The van der Waals surface area contributed by atoms with E-state index in [4.69, 9.17) is 0 Å². The van der Waals surface area contributed by atoms with E-state index in [0.717, 1.165) is 15.7 Å². The number of carbonyl (C=O) groups excluding carboxylic acids is 3. The molecule has 1 saturated heterocycles. The number of aromatic nitrogens is 2. The van der Waals surface area contributed by atoms with Gasteiger partial charge in [-0.15, -0.1) is 0 Å². The quantitative estimate of drug-likeness (QED) is 0.471.